The van der Waals surface area contributed by atoms with Crippen LogP contribution in [0.2, 0.25) is 0 Å². The maximum Gasteiger partial charge on any atom is 0.407 e. The monoisotopic (exact) mass is 408 g/mol. The summed E-state index contributed by atoms with van der Waals surface area (Å²) >= 11 is 0. The number of ether oxygens (including phenoxy) is 2. The van der Waals surface area contributed by atoms with Crippen molar-refractivity contribution in [3.63, 3.8) is 0 Å². The molecule has 0 aliphatic rings. The number of alkyl carbamates (subject to hydrolysis) is 1. The zero-order valence-electron chi connectivity index (χ0n) is 18.2. The number of hydrogen-bond acceptors (Lipinski definition) is 4. The summed E-state index contributed by atoms with van der Waals surface area (Å²) in [6.07, 6.45) is 16.1. The molecule has 1 aromatic heterocycles. The van der Waals surface area contributed by atoms with E-state index in [0.29, 0.717) is 12.1 Å². The van der Waals surface area contributed by atoms with E-state index in [1.54, 1.807) is 6.92 Å². The van der Waals surface area contributed by atoms with E-state index in [9.17, 15) is 9.59 Å². The predicted octanol–water partition coefficient (Wildman–Crippen LogP) is 3.76. The van der Waals surface area contributed by atoms with Crippen molar-refractivity contribution in [2.45, 2.75) is 78.3 Å². The lowest BCUT2D eigenvalue weighted by molar-refractivity contribution is -0.696. The molecule has 1 rings (SSSR count). The Morgan fingerprint density at radius 3 is 2.41 bits per heavy atom. The van der Waals surface area contributed by atoms with Crippen LogP contribution in [0.4, 0.5) is 4.79 Å². The highest BCUT2D eigenvalue weighted by atomic mass is 16.6. The quantitative estimate of drug-likeness (QED) is 0.196. The second-order valence-electron chi connectivity index (χ2n) is 7.34. The van der Waals surface area contributed by atoms with E-state index in [1.807, 2.05) is 17.1 Å². The van der Waals surface area contributed by atoms with Gasteiger partial charge in [0.15, 0.2) is 0 Å². The van der Waals surface area contributed by atoms with E-state index in [4.69, 9.17) is 9.47 Å². The molecule has 0 fully saturated rings. The number of imidazole rings is 1. The Kier molecular flexibility index (Phi) is 13.3. The molecule has 0 spiro atoms. The van der Waals surface area contributed by atoms with Crippen molar-refractivity contribution in [3.8, 4) is 0 Å². The molecule has 0 atom stereocenters. The van der Waals surface area contributed by atoms with Crippen LogP contribution in [0.1, 0.15) is 65.2 Å². The second kappa shape index (κ2) is 15.6. The molecule has 0 aromatic carbocycles. The van der Waals surface area contributed by atoms with E-state index in [2.05, 4.69) is 29.6 Å². The SMILES string of the molecule is C=C(C)C(=O)OCCNC(=O)OCCn1cc[n+](CCCCCCCCCC)c1. The summed E-state index contributed by atoms with van der Waals surface area (Å²) in [7, 11) is 0. The standard InChI is InChI=1S/C22H37N3O4/c1-4-5-6-7-8-9-10-11-13-24-14-15-25(19-24)16-18-29-22(27)23-12-17-28-21(26)20(2)3/h14-15,19H,2,4-13,16-18H2,1,3H3/p+1. The van der Waals surface area contributed by atoms with E-state index in [-0.39, 0.29) is 19.8 Å². The maximum absolute atomic E-state index is 11.6. The summed E-state index contributed by atoms with van der Waals surface area (Å²) in [5.74, 6) is -0.465. The molecule has 7 nitrogen and oxygen atoms in total. The van der Waals surface area contributed by atoms with Crippen molar-refractivity contribution >= 4 is 12.1 Å². The van der Waals surface area contributed by atoms with Gasteiger partial charge in [-0.25, -0.2) is 18.7 Å². The molecule has 0 aliphatic carbocycles. The maximum atomic E-state index is 11.6. The summed E-state index contributed by atoms with van der Waals surface area (Å²) in [5.41, 5.74) is 0.332. The number of aromatic nitrogens is 2. The minimum absolute atomic E-state index is 0.0944. The van der Waals surface area contributed by atoms with Gasteiger partial charge < -0.3 is 14.8 Å². The fourth-order valence-corrected chi connectivity index (χ4v) is 2.85. The number of hydrogen-bond donors (Lipinski definition) is 1. The van der Waals surface area contributed by atoms with Gasteiger partial charge >= 0.3 is 12.1 Å². The van der Waals surface area contributed by atoms with Gasteiger partial charge in [0.25, 0.3) is 0 Å². The molecule has 29 heavy (non-hydrogen) atoms. The van der Waals surface area contributed by atoms with E-state index < -0.39 is 12.1 Å². The summed E-state index contributed by atoms with van der Waals surface area (Å²) in [6.45, 7) is 9.51. The van der Waals surface area contributed by atoms with Gasteiger partial charge in [-0.05, 0) is 19.8 Å². The molecule has 1 aromatic rings. The van der Waals surface area contributed by atoms with Crippen molar-refractivity contribution in [2.75, 3.05) is 19.8 Å². The number of nitrogens with zero attached hydrogens (tertiary/aromatic N) is 2. The van der Waals surface area contributed by atoms with Crippen LogP contribution in [-0.4, -0.2) is 36.4 Å². The van der Waals surface area contributed by atoms with Crippen LogP contribution >= 0.6 is 0 Å². The minimum Gasteiger partial charge on any atom is -0.460 e. The smallest absolute Gasteiger partial charge is 0.407 e. The molecule has 0 saturated heterocycles. The Labute approximate surface area is 175 Å². The summed E-state index contributed by atoms with van der Waals surface area (Å²) in [5, 5.41) is 2.54. The number of amides is 1. The molecule has 164 valence electrons. The van der Waals surface area contributed by atoms with E-state index >= 15 is 0 Å². The molecule has 1 amide bonds. The highest BCUT2D eigenvalue weighted by Crippen LogP contribution is 2.08. The minimum atomic E-state index is -0.518. The number of esters is 1. The number of carbonyl (C=O) groups excluding carboxylic acids is 2. The molecule has 1 N–H and O–H groups in total. The normalized spacial score (nSPS) is 10.6. The van der Waals surface area contributed by atoms with Crippen molar-refractivity contribution in [1.82, 2.24) is 9.88 Å². The van der Waals surface area contributed by atoms with Gasteiger partial charge in [-0.1, -0.05) is 52.0 Å². The van der Waals surface area contributed by atoms with Crippen LogP contribution in [0, 0.1) is 0 Å². The van der Waals surface area contributed by atoms with Gasteiger partial charge in [-0.2, -0.15) is 0 Å². The first-order valence-corrected chi connectivity index (χ1v) is 10.8. The zero-order chi connectivity index (χ0) is 21.3. The number of nitrogens with one attached hydrogen (secondary N) is 1. The van der Waals surface area contributed by atoms with Crippen molar-refractivity contribution in [1.29, 1.82) is 0 Å². The largest absolute Gasteiger partial charge is 0.460 e. The molecular formula is C22H38N3O4+. The predicted molar refractivity (Wildman–Crippen MR) is 112 cm³/mol. The van der Waals surface area contributed by atoms with Crippen molar-refractivity contribution < 1.29 is 23.6 Å². The Morgan fingerprint density at radius 1 is 1.03 bits per heavy atom. The van der Waals surface area contributed by atoms with Gasteiger partial charge in [-0.15, -0.1) is 0 Å². The van der Waals surface area contributed by atoms with Crippen LogP contribution in [0.5, 0.6) is 0 Å². The molecule has 0 bridgehead atoms. The van der Waals surface area contributed by atoms with Crippen molar-refractivity contribution in [2.24, 2.45) is 0 Å². The van der Waals surface area contributed by atoms with E-state index in [0.717, 1.165) is 6.54 Å². The average Bonchev–Trinajstić information content (AvgIpc) is 3.14. The topological polar surface area (TPSA) is 73.4 Å². The van der Waals surface area contributed by atoms with Crippen molar-refractivity contribution in [3.05, 3.63) is 30.9 Å². The Bertz CT molecular complexity index is 613. The zero-order valence-corrected chi connectivity index (χ0v) is 18.2. The first kappa shape index (κ1) is 24.7. The van der Waals surface area contributed by atoms with Crippen LogP contribution in [0.25, 0.3) is 0 Å². The second-order valence-corrected chi connectivity index (χ2v) is 7.34. The molecule has 0 saturated carbocycles. The first-order chi connectivity index (χ1) is 14.0. The highest BCUT2D eigenvalue weighted by Gasteiger charge is 2.07. The average molecular weight is 409 g/mol. The highest BCUT2D eigenvalue weighted by molar-refractivity contribution is 5.86. The molecular weight excluding hydrogens is 370 g/mol. The Hall–Kier alpha value is -2.31. The van der Waals surface area contributed by atoms with Gasteiger partial charge in [0, 0.05) is 5.57 Å². The number of rotatable bonds is 16. The van der Waals surface area contributed by atoms with Gasteiger partial charge in [-0.3, -0.25) is 0 Å². The van der Waals surface area contributed by atoms with Gasteiger partial charge in [0.2, 0.25) is 6.33 Å². The van der Waals surface area contributed by atoms with Gasteiger partial charge in [0.05, 0.1) is 13.1 Å². The third kappa shape index (κ3) is 12.7. The van der Waals surface area contributed by atoms with Crippen LogP contribution in [-0.2, 0) is 27.4 Å². The number of carbonyl (C=O) groups is 2. The molecule has 1 heterocycles. The Morgan fingerprint density at radius 2 is 1.72 bits per heavy atom. The van der Waals surface area contributed by atoms with E-state index in [1.165, 1.54) is 51.4 Å². The fraction of sp³-hybridized carbons (Fsp3) is 0.682. The summed E-state index contributed by atoms with van der Waals surface area (Å²) in [6, 6.07) is 0. The third-order valence-electron chi connectivity index (χ3n) is 4.55. The molecule has 0 radical (unpaired) electrons. The Balaban J connectivity index is 2.04. The molecule has 0 aliphatic heterocycles. The molecule has 7 heteroatoms. The van der Waals surface area contributed by atoms with Crippen LogP contribution in [0.3, 0.4) is 0 Å². The lowest BCUT2D eigenvalue weighted by Gasteiger charge is -2.07. The summed E-state index contributed by atoms with van der Waals surface area (Å²) in [4.78, 5) is 22.8. The third-order valence-corrected chi connectivity index (χ3v) is 4.55. The van der Waals surface area contributed by atoms with Crippen LogP contribution in [0.15, 0.2) is 30.9 Å². The van der Waals surface area contributed by atoms with Crippen LogP contribution < -0.4 is 9.88 Å². The molecule has 0 unspecified atom stereocenters. The first-order valence-electron chi connectivity index (χ1n) is 10.8. The lowest BCUT2D eigenvalue weighted by atomic mass is 10.1. The fourth-order valence-electron chi connectivity index (χ4n) is 2.85. The number of unbranched alkanes of at least 4 members (excludes halogenated alkanes) is 7. The number of aryl methyl sites for hydroxylation is 1. The van der Waals surface area contributed by atoms with Gasteiger partial charge in [0.1, 0.15) is 32.2 Å². The lowest BCUT2D eigenvalue weighted by Crippen LogP contribution is -2.31. The summed E-state index contributed by atoms with van der Waals surface area (Å²) < 4.78 is 14.2.